The summed E-state index contributed by atoms with van der Waals surface area (Å²) >= 11 is 1.51. The molecule has 4 heteroatoms. The lowest BCUT2D eigenvalue weighted by Gasteiger charge is -2.52. The van der Waals surface area contributed by atoms with Crippen molar-refractivity contribution in [3.8, 4) is 0 Å². The van der Waals surface area contributed by atoms with E-state index in [0.717, 1.165) is 36.1 Å². The van der Waals surface area contributed by atoms with Gasteiger partial charge in [0.1, 0.15) is 0 Å². The number of fused-ring (bicyclic) bond motifs is 1. The molecule has 126 valence electrons. The monoisotopic (exact) mass is 341 g/mol. The number of benzene rings is 1. The van der Waals surface area contributed by atoms with Gasteiger partial charge in [-0.25, -0.2) is 0 Å². The van der Waals surface area contributed by atoms with Crippen LogP contribution in [0.2, 0.25) is 0 Å². The van der Waals surface area contributed by atoms with Crippen LogP contribution in [0.5, 0.6) is 0 Å². The molecule has 1 N–H and O–H groups in total. The second-order valence-corrected chi connectivity index (χ2v) is 7.92. The molecular formula is C20H23NO2S. The molecule has 2 heterocycles. The summed E-state index contributed by atoms with van der Waals surface area (Å²) in [6, 6.07) is 14.0. The Labute approximate surface area is 146 Å². The van der Waals surface area contributed by atoms with Crippen molar-refractivity contribution < 1.29 is 9.90 Å². The first kappa shape index (κ1) is 15.9. The van der Waals surface area contributed by atoms with Gasteiger partial charge in [-0.1, -0.05) is 49.2 Å². The first-order valence-corrected chi connectivity index (χ1v) is 9.70. The van der Waals surface area contributed by atoms with E-state index < -0.39 is 5.60 Å². The molecule has 2 aliphatic rings. The molecule has 1 aromatic carbocycles. The van der Waals surface area contributed by atoms with Crippen LogP contribution in [-0.4, -0.2) is 28.5 Å². The third-order valence-corrected chi connectivity index (χ3v) is 6.60. The number of rotatable bonds is 2. The molecule has 1 saturated heterocycles. The van der Waals surface area contributed by atoms with E-state index >= 15 is 0 Å². The lowest BCUT2D eigenvalue weighted by atomic mass is 9.66. The van der Waals surface area contributed by atoms with Gasteiger partial charge in [-0.05, 0) is 36.3 Å². The predicted octanol–water partition coefficient (Wildman–Crippen LogP) is 4.04. The summed E-state index contributed by atoms with van der Waals surface area (Å²) < 4.78 is 0. The molecule has 4 rings (SSSR count). The molecule has 0 radical (unpaired) electrons. The van der Waals surface area contributed by atoms with Crippen molar-refractivity contribution in [2.45, 2.75) is 43.7 Å². The average Bonchev–Trinajstić information content (AvgIpc) is 3.17. The van der Waals surface area contributed by atoms with E-state index in [0.29, 0.717) is 13.0 Å². The van der Waals surface area contributed by atoms with Crippen LogP contribution in [0.25, 0.3) is 0 Å². The molecule has 1 saturated carbocycles. The average molecular weight is 341 g/mol. The van der Waals surface area contributed by atoms with Gasteiger partial charge in [-0.3, -0.25) is 4.79 Å². The normalized spacial score (nSPS) is 30.0. The molecule has 3 atom stereocenters. The molecule has 3 nitrogen and oxygen atoms in total. The van der Waals surface area contributed by atoms with E-state index in [1.165, 1.54) is 11.3 Å². The number of carbonyl (C=O) groups is 1. The SMILES string of the molecule is O=C(c1cccs1)N1CC[C@@](O)(c2ccccc2)[C@H]2CCCCC21. The molecule has 0 spiro atoms. The zero-order valence-corrected chi connectivity index (χ0v) is 14.5. The Bertz CT molecular complexity index is 700. The van der Waals surface area contributed by atoms with Gasteiger partial charge in [0.2, 0.25) is 0 Å². The maximum Gasteiger partial charge on any atom is 0.264 e. The zero-order valence-electron chi connectivity index (χ0n) is 13.7. The third-order valence-electron chi connectivity index (χ3n) is 5.74. The van der Waals surface area contributed by atoms with E-state index in [-0.39, 0.29) is 17.9 Å². The van der Waals surface area contributed by atoms with Crippen LogP contribution in [0.15, 0.2) is 47.8 Å². The highest BCUT2D eigenvalue weighted by Gasteiger charge is 2.50. The van der Waals surface area contributed by atoms with Gasteiger partial charge in [0.15, 0.2) is 0 Å². The van der Waals surface area contributed by atoms with Gasteiger partial charge in [0.25, 0.3) is 5.91 Å². The van der Waals surface area contributed by atoms with Gasteiger partial charge in [0.05, 0.1) is 10.5 Å². The minimum atomic E-state index is -0.807. The summed E-state index contributed by atoms with van der Waals surface area (Å²) in [5, 5.41) is 13.5. The fraction of sp³-hybridized carbons (Fsp3) is 0.450. The van der Waals surface area contributed by atoms with Crippen LogP contribution in [0.3, 0.4) is 0 Å². The Hall–Kier alpha value is -1.65. The number of nitrogens with zero attached hydrogens (tertiary/aromatic N) is 1. The molecule has 1 aromatic heterocycles. The number of thiophene rings is 1. The zero-order chi connectivity index (χ0) is 16.6. The second-order valence-electron chi connectivity index (χ2n) is 6.97. The predicted molar refractivity (Wildman–Crippen MR) is 96.1 cm³/mol. The summed E-state index contributed by atoms with van der Waals surface area (Å²) in [6.07, 6.45) is 4.88. The molecule has 2 aromatic rings. The Balaban J connectivity index is 1.66. The first-order chi connectivity index (χ1) is 11.7. The minimum Gasteiger partial charge on any atom is -0.385 e. The molecule has 1 aliphatic carbocycles. The van der Waals surface area contributed by atoms with Crippen LogP contribution >= 0.6 is 11.3 Å². The van der Waals surface area contributed by atoms with Crippen LogP contribution < -0.4 is 0 Å². The Morgan fingerprint density at radius 2 is 1.92 bits per heavy atom. The van der Waals surface area contributed by atoms with E-state index in [9.17, 15) is 9.90 Å². The fourth-order valence-electron chi connectivity index (χ4n) is 4.56. The number of amides is 1. The van der Waals surface area contributed by atoms with Crippen LogP contribution in [0.4, 0.5) is 0 Å². The molecule has 1 amide bonds. The second kappa shape index (κ2) is 6.34. The molecular weight excluding hydrogens is 318 g/mol. The standard InChI is InChI=1S/C20H23NO2S/c22-19(18-11-6-14-24-18)21-13-12-20(23,15-7-2-1-3-8-15)16-9-4-5-10-17(16)21/h1-3,6-8,11,14,16-17,23H,4-5,9-10,12-13H2/t16-,17?,20+/m0/s1. The first-order valence-electron chi connectivity index (χ1n) is 8.82. The van der Waals surface area contributed by atoms with Gasteiger partial charge < -0.3 is 10.0 Å². The minimum absolute atomic E-state index is 0.131. The van der Waals surface area contributed by atoms with Crippen molar-refractivity contribution in [3.05, 3.63) is 58.3 Å². The van der Waals surface area contributed by atoms with E-state index in [1.807, 2.05) is 52.7 Å². The van der Waals surface area contributed by atoms with E-state index in [1.54, 1.807) is 0 Å². The van der Waals surface area contributed by atoms with E-state index in [2.05, 4.69) is 0 Å². The van der Waals surface area contributed by atoms with Crippen molar-refractivity contribution in [2.75, 3.05) is 6.54 Å². The van der Waals surface area contributed by atoms with Crippen LogP contribution in [-0.2, 0) is 5.60 Å². The summed E-state index contributed by atoms with van der Waals surface area (Å²) in [5.74, 6) is 0.267. The van der Waals surface area contributed by atoms with Crippen LogP contribution in [0.1, 0.15) is 47.3 Å². The summed E-state index contributed by atoms with van der Waals surface area (Å²) in [7, 11) is 0. The fourth-order valence-corrected chi connectivity index (χ4v) is 5.24. The van der Waals surface area contributed by atoms with Crippen molar-refractivity contribution in [2.24, 2.45) is 5.92 Å². The van der Waals surface area contributed by atoms with Crippen molar-refractivity contribution in [1.29, 1.82) is 0 Å². The molecule has 1 unspecified atom stereocenters. The van der Waals surface area contributed by atoms with Crippen LogP contribution in [0, 0.1) is 5.92 Å². The van der Waals surface area contributed by atoms with Crippen molar-refractivity contribution in [1.82, 2.24) is 4.90 Å². The summed E-state index contributed by atoms with van der Waals surface area (Å²) in [5.41, 5.74) is 0.198. The van der Waals surface area contributed by atoms with Gasteiger partial charge >= 0.3 is 0 Å². The van der Waals surface area contributed by atoms with Crippen molar-refractivity contribution >= 4 is 17.2 Å². The van der Waals surface area contributed by atoms with Gasteiger partial charge in [-0.2, -0.15) is 0 Å². The summed E-state index contributed by atoms with van der Waals surface area (Å²) in [4.78, 5) is 15.8. The molecule has 1 aliphatic heterocycles. The Kier molecular flexibility index (Phi) is 4.19. The quantitative estimate of drug-likeness (QED) is 0.895. The topological polar surface area (TPSA) is 40.5 Å². The third kappa shape index (κ3) is 2.58. The molecule has 24 heavy (non-hydrogen) atoms. The number of carbonyl (C=O) groups excluding carboxylic acids is 1. The largest absolute Gasteiger partial charge is 0.385 e. The number of likely N-dealkylation sites (tertiary alicyclic amines) is 1. The lowest BCUT2D eigenvalue weighted by molar-refractivity contribution is -0.110. The smallest absolute Gasteiger partial charge is 0.264 e. The number of piperidine rings is 1. The highest BCUT2D eigenvalue weighted by Crippen LogP contribution is 2.47. The highest BCUT2D eigenvalue weighted by atomic mass is 32.1. The maximum atomic E-state index is 12.9. The maximum absolute atomic E-state index is 12.9. The Morgan fingerprint density at radius 1 is 1.12 bits per heavy atom. The van der Waals surface area contributed by atoms with E-state index in [4.69, 9.17) is 0 Å². The highest BCUT2D eigenvalue weighted by molar-refractivity contribution is 7.12. The summed E-state index contributed by atoms with van der Waals surface area (Å²) in [6.45, 7) is 0.628. The number of hydrogen-bond donors (Lipinski definition) is 1. The molecule has 2 fully saturated rings. The molecule has 0 bridgehead atoms. The van der Waals surface area contributed by atoms with Gasteiger partial charge in [-0.15, -0.1) is 11.3 Å². The Morgan fingerprint density at radius 3 is 2.67 bits per heavy atom. The number of hydrogen-bond acceptors (Lipinski definition) is 3. The lowest BCUT2D eigenvalue weighted by Crippen LogP contribution is -2.58. The van der Waals surface area contributed by atoms with Crippen molar-refractivity contribution in [3.63, 3.8) is 0 Å². The van der Waals surface area contributed by atoms with Gasteiger partial charge in [0, 0.05) is 18.5 Å². The number of aliphatic hydroxyl groups is 1.